The number of aromatic nitrogens is 1. The first kappa shape index (κ1) is 9.77. The van der Waals surface area contributed by atoms with Crippen molar-refractivity contribution in [3.05, 3.63) is 35.9 Å². The topological polar surface area (TPSA) is 52.0 Å². The number of anilines is 1. The fourth-order valence-electron chi connectivity index (χ4n) is 1.56. The summed E-state index contributed by atoms with van der Waals surface area (Å²) in [4.78, 5) is 0. The molecule has 78 valence electrons. The normalized spacial score (nSPS) is 10.5. The summed E-state index contributed by atoms with van der Waals surface area (Å²) in [5.74, 6) is 0.350. The minimum Gasteiger partial charge on any atom is -0.368 e. The number of nitrogens with two attached hydrogens (primary N) is 1. The molecule has 1 aromatic heterocycles. The molecule has 0 radical (unpaired) electrons. The van der Waals surface area contributed by atoms with Gasteiger partial charge in [-0.2, -0.15) is 0 Å². The number of nitrogen functional groups attached to an aromatic ring is 1. The van der Waals surface area contributed by atoms with Gasteiger partial charge in [0.15, 0.2) is 0 Å². The zero-order valence-corrected chi connectivity index (χ0v) is 8.73. The Morgan fingerprint density at radius 1 is 1.27 bits per heavy atom. The van der Waals surface area contributed by atoms with Crippen LogP contribution in [-0.2, 0) is 6.42 Å². The van der Waals surface area contributed by atoms with Gasteiger partial charge in [-0.3, -0.25) is 0 Å². The van der Waals surface area contributed by atoms with E-state index in [1.165, 1.54) is 5.56 Å². The Hall–Kier alpha value is -1.77. The predicted molar refractivity (Wildman–Crippen MR) is 60.3 cm³/mol. The van der Waals surface area contributed by atoms with Crippen LogP contribution in [-0.4, -0.2) is 5.16 Å². The van der Waals surface area contributed by atoms with Crippen molar-refractivity contribution in [3.8, 4) is 11.3 Å². The van der Waals surface area contributed by atoms with Gasteiger partial charge < -0.3 is 10.3 Å². The van der Waals surface area contributed by atoms with Crippen LogP contribution in [0.2, 0.25) is 0 Å². The van der Waals surface area contributed by atoms with Crippen LogP contribution in [0.4, 0.5) is 5.88 Å². The molecule has 0 saturated heterocycles. The van der Waals surface area contributed by atoms with Crippen molar-refractivity contribution >= 4 is 5.88 Å². The van der Waals surface area contributed by atoms with Crippen LogP contribution in [0.1, 0.15) is 18.9 Å². The number of hydrogen-bond acceptors (Lipinski definition) is 3. The zero-order valence-electron chi connectivity index (χ0n) is 8.73. The van der Waals surface area contributed by atoms with E-state index in [2.05, 4.69) is 24.2 Å². The second-order valence-electron chi connectivity index (χ2n) is 3.56. The van der Waals surface area contributed by atoms with Gasteiger partial charge in [0.25, 0.3) is 0 Å². The third kappa shape index (κ3) is 2.18. The van der Waals surface area contributed by atoms with Gasteiger partial charge in [0.1, 0.15) is 5.69 Å². The van der Waals surface area contributed by atoms with Crippen LogP contribution in [0.5, 0.6) is 0 Å². The average Bonchev–Trinajstić information content (AvgIpc) is 2.67. The van der Waals surface area contributed by atoms with E-state index in [-0.39, 0.29) is 0 Å². The highest BCUT2D eigenvalue weighted by Crippen LogP contribution is 2.20. The molecule has 0 spiro atoms. The first-order chi connectivity index (χ1) is 7.29. The molecule has 2 N–H and O–H groups in total. The maximum absolute atomic E-state index is 5.46. The van der Waals surface area contributed by atoms with Crippen LogP contribution in [0.25, 0.3) is 11.3 Å². The Morgan fingerprint density at radius 2 is 2.00 bits per heavy atom. The average molecular weight is 202 g/mol. The molecule has 0 aliphatic carbocycles. The highest BCUT2D eigenvalue weighted by molar-refractivity contribution is 5.61. The number of rotatable bonds is 3. The Bertz CT molecular complexity index is 431. The maximum atomic E-state index is 5.46. The van der Waals surface area contributed by atoms with Crippen LogP contribution < -0.4 is 5.73 Å². The summed E-state index contributed by atoms with van der Waals surface area (Å²) < 4.78 is 4.82. The minimum absolute atomic E-state index is 0.350. The van der Waals surface area contributed by atoms with Gasteiger partial charge in [-0.25, -0.2) is 0 Å². The number of aryl methyl sites for hydroxylation is 1. The second kappa shape index (κ2) is 4.17. The third-order valence-corrected chi connectivity index (χ3v) is 2.32. The lowest BCUT2D eigenvalue weighted by molar-refractivity contribution is 0.439. The van der Waals surface area contributed by atoms with E-state index >= 15 is 0 Å². The molecule has 3 heteroatoms. The third-order valence-electron chi connectivity index (χ3n) is 2.32. The van der Waals surface area contributed by atoms with E-state index in [4.69, 9.17) is 10.3 Å². The summed E-state index contributed by atoms with van der Waals surface area (Å²) in [6, 6.07) is 10.0. The van der Waals surface area contributed by atoms with Gasteiger partial charge in [-0.1, -0.05) is 42.8 Å². The van der Waals surface area contributed by atoms with E-state index in [0.29, 0.717) is 5.88 Å². The molecule has 0 fully saturated rings. The van der Waals surface area contributed by atoms with E-state index in [9.17, 15) is 0 Å². The molecule has 0 saturated carbocycles. The number of nitrogens with zero attached hydrogens (tertiary/aromatic N) is 1. The fraction of sp³-hybridized carbons (Fsp3) is 0.250. The minimum atomic E-state index is 0.350. The first-order valence-electron chi connectivity index (χ1n) is 5.11. The molecule has 1 aromatic carbocycles. The van der Waals surface area contributed by atoms with E-state index in [1.807, 2.05) is 12.1 Å². The molecule has 0 unspecified atom stereocenters. The fourth-order valence-corrected chi connectivity index (χ4v) is 1.56. The van der Waals surface area contributed by atoms with Crippen molar-refractivity contribution in [1.29, 1.82) is 0 Å². The van der Waals surface area contributed by atoms with E-state index in [1.54, 1.807) is 6.07 Å². The van der Waals surface area contributed by atoms with Crippen molar-refractivity contribution in [1.82, 2.24) is 5.16 Å². The molecule has 3 nitrogen and oxygen atoms in total. The molecule has 2 aromatic rings. The van der Waals surface area contributed by atoms with Crippen LogP contribution in [0.3, 0.4) is 0 Å². The van der Waals surface area contributed by atoms with Gasteiger partial charge in [0, 0.05) is 11.6 Å². The molecule has 0 bridgehead atoms. The molecule has 2 rings (SSSR count). The summed E-state index contributed by atoms with van der Waals surface area (Å²) in [5, 5.41) is 3.86. The van der Waals surface area contributed by atoms with E-state index < -0.39 is 0 Å². The lowest BCUT2D eigenvalue weighted by Crippen LogP contribution is -1.83. The summed E-state index contributed by atoms with van der Waals surface area (Å²) in [6.07, 6.45) is 2.28. The van der Waals surface area contributed by atoms with E-state index in [0.717, 1.165) is 24.1 Å². The molecule has 0 amide bonds. The van der Waals surface area contributed by atoms with Crippen molar-refractivity contribution in [2.75, 3.05) is 5.73 Å². The summed E-state index contributed by atoms with van der Waals surface area (Å²) >= 11 is 0. The standard InChI is InChI=1S/C12H14N2O/c1-2-3-9-4-6-10(7-5-9)11-8-12(13)15-14-11/h4-8H,2-3,13H2,1H3. The van der Waals surface area contributed by atoms with Crippen molar-refractivity contribution in [2.45, 2.75) is 19.8 Å². The Labute approximate surface area is 88.9 Å². The van der Waals surface area contributed by atoms with Crippen LogP contribution >= 0.6 is 0 Å². The Morgan fingerprint density at radius 3 is 2.53 bits per heavy atom. The Balaban J connectivity index is 2.23. The molecular weight excluding hydrogens is 188 g/mol. The van der Waals surface area contributed by atoms with Crippen LogP contribution in [0.15, 0.2) is 34.9 Å². The highest BCUT2D eigenvalue weighted by atomic mass is 16.5. The summed E-state index contributed by atoms with van der Waals surface area (Å²) in [5.41, 5.74) is 8.63. The number of benzene rings is 1. The zero-order chi connectivity index (χ0) is 10.7. The Kier molecular flexibility index (Phi) is 2.72. The van der Waals surface area contributed by atoms with Crippen molar-refractivity contribution < 1.29 is 4.52 Å². The quantitative estimate of drug-likeness (QED) is 0.832. The maximum Gasteiger partial charge on any atom is 0.222 e. The lowest BCUT2D eigenvalue weighted by Gasteiger charge is -1.99. The smallest absolute Gasteiger partial charge is 0.222 e. The lowest BCUT2D eigenvalue weighted by atomic mass is 10.1. The second-order valence-corrected chi connectivity index (χ2v) is 3.56. The van der Waals surface area contributed by atoms with Crippen molar-refractivity contribution in [2.24, 2.45) is 0 Å². The van der Waals surface area contributed by atoms with Crippen molar-refractivity contribution in [3.63, 3.8) is 0 Å². The molecule has 15 heavy (non-hydrogen) atoms. The van der Waals surface area contributed by atoms with Gasteiger partial charge in [-0.15, -0.1) is 0 Å². The molecule has 0 aliphatic heterocycles. The highest BCUT2D eigenvalue weighted by Gasteiger charge is 2.03. The predicted octanol–water partition coefficient (Wildman–Crippen LogP) is 2.88. The van der Waals surface area contributed by atoms with Gasteiger partial charge in [0.2, 0.25) is 5.88 Å². The molecular formula is C12H14N2O. The molecule has 1 heterocycles. The largest absolute Gasteiger partial charge is 0.368 e. The first-order valence-corrected chi connectivity index (χ1v) is 5.11. The monoisotopic (exact) mass is 202 g/mol. The van der Waals surface area contributed by atoms with Gasteiger partial charge >= 0.3 is 0 Å². The SMILES string of the molecule is CCCc1ccc(-c2cc(N)on2)cc1. The summed E-state index contributed by atoms with van der Waals surface area (Å²) in [7, 11) is 0. The van der Waals surface area contributed by atoms with Gasteiger partial charge in [-0.05, 0) is 12.0 Å². The number of hydrogen-bond donors (Lipinski definition) is 1. The molecule has 0 atom stereocenters. The van der Waals surface area contributed by atoms with Crippen LogP contribution in [0, 0.1) is 0 Å². The summed E-state index contributed by atoms with van der Waals surface area (Å²) in [6.45, 7) is 2.17. The molecule has 0 aliphatic rings. The van der Waals surface area contributed by atoms with Gasteiger partial charge in [0.05, 0.1) is 0 Å².